The number of amides is 2. The van der Waals surface area contributed by atoms with Crippen molar-refractivity contribution in [3.63, 3.8) is 0 Å². The molecule has 1 fully saturated rings. The molecule has 0 aromatic heterocycles. The number of thioether (sulfide) groups is 1. The molecule has 2 amide bonds. The number of piperazine rings is 1. The first kappa shape index (κ1) is 49.6. The first-order valence-electron chi connectivity index (χ1n) is 24.7. The van der Waals surface area contributed by atoms with Crippen LogP contribution in [0.4, 0.5) is 0 Å². The zero-order chi connectivity index (χ0) is 49.3. The molecule has 0 N–H and O–H groups in total. The lowest BCUT2D eigenvalue weighted by molar-refractivity contribution is -0.231. The van der Waals surface area contributed by atoms with Gasteiger partial charge in [0.2, 0.25) is 6.41 Å². The first-order chi connectivity index (χ1) is 34.6. The minimum absolute atomic E-state index is 0.0127. The summed E-state index contributed by atoms with van der Waals surface area (Å²) in [5.74, 6) is 0.542. The van der Waals surface area contributed by atoms with Gasteiger partial charge < -0.3 is 4.90 Å². The van der Waals surface area contributed by atoms with E-state index in [4.69, 9.17) is 17.5 Å². The first-order valence-corrected chi connectivity index (χ1v) is 26.2. The molecule has 8 heteroatoms. The number of fused-ring (bicyclic) bond motifs is 1. The average molecular weight is 974 g/mol. The lowest BCUT2D eigenvalue weighted by atomic mass is 9.65. The summed E-state index contributed by atoms with van der Waals surface area (Å²) in [5.41, 5.74) is 6.24. The molecular formula is C63H63N3O3S2. The van der Waals surface area contributed by atoms with Crippen molar-refractivity contribution in [1.29, 1.82) is 0 Å². The van der Waals surface area contributed by atoms with E-state index in [-0.39, 0.29) is 17.2 Å². The van der Waals surface area contributed by atoms with E-state index in [9.17, 15) is 9.59 Å². The summed E-state index contributed by atoms with van der Waals surface area (Å²) < 4.78 is -0.627. The van der Waals surface area contributed by atoms with Crippen molar-refractivity contribution in [2.24, 2.45) is 0 Å². The van der Waals surface area contributed by atoms with Crippen molar-refractivity contribution in [1.82, 2.24) is 14.9 Å². The molecule has 8 aromatic carbocycles. The molecule has 6 nitrogen and oxygen atoms in total. The predicted molar refractivity (Wildman–Crippen MR) is 296 cm³/mol. The summed E-state index contributed by atoms with van der Waals surface area (Å²) in [5, 5.41) is 3.27. The summed E-state index contributed by atoms with van der Waals surface area (Å²) in [6.45, 7) is 8.01. The van der Waals surface area contributed by atoms with Crippen LogP contribution in [0.15, 0.2) is 224 Å². The Morgan fingerprint density at radius 3 is 1.52 bits per heavy atom. The fourth-order valence-electron chi connectivity index (χ4n) is 10.7. The molecule has 0 spiro atoms. The third-order valence-electron chi connectivity index (χ3n) is 13.9. The van der Waals surface area contributed by atoms with Gasteiger partial charge >= 0.3 is 0 Å². The average Bonchev–Trinajstić information content (AvgIpc) is 3.42. The van der Waals surface area contributed by atoms with Gasteiger partial charge in [-0.3, -0.25) is 19.3 Å². The second-order valence-corrected chi connectivity index (χ2v) is 21.4. The molecule has 1 saturated heterocycles. The van der Waals surface area contributed by atoms with Gasteiger partial charge in [0.1, 0.15) is 0 Å². The largest absolute Gasteiger partial charge is 0.336 e. The van der Waals surface area contributed by atoms with Gasteiger partial charge in [0.15, 0.2) is 0 Å². The Morgan fingerprint density at radius 1 is 0.620 bits per heavy atom. The Bertz CT molecular complexity index is 2760. The van der Waals surface area contributed by atoms with Crippen LogP contribution in [0.2, 0.25) is 0 Å². The van der Waals surface area contributed by atoms with E-state index in [1.807, 2.05) is 67.8 Å². The molecule has 0 saturated carbocycles. The second-order valence-electron chi connectivity index (χ2n) is 19.5. The summed E-state index contributed by atoms with van der Waals surface area (Å²) in [6.07, 6.45) is 1.47. The van der Waals surface area contributed by atoms with Crippen molar-refractivity contribution in [2.75, 3.05) is 31.9 Å². The van der Waals surface area contributed by atoms with Crippen LogP contribution in [-0.4, -0.2) is 82.0 Å². The summed E-state index contributed by atoms with van der Waals surface area (Å²) >= 11 is 7.60. The van der Waals surface area contributed by atoms with E-state index in [0.29, 0.717) is 43.9 Å². The zero-order valence-electron chi connectivity index (χ0n) is 40.8. The molecule has 0 bridgehead atoms. The zero-order valence-corrected chi connectivity index (χ0v) is 42.5. The molecular weight excluding hydrogens is 911 g/mol. The van der Waals surface area contributed by atoms with Crippen LogP contribution in [-0.2, 0) is 19.8 Å². The Hall–Kier alpha value is -6.42. The highest BCUT2D eigenvalue weighted by Crippen LogP contribution is 2.50. The molecule has 0 radical (unpaired) electrons. The van der Waals surface area contributed by atoms with Crippen LogP contribution in [0, 0.1) is 0 Å². The minimum atomic E-state index is -0.666. The number of benzene rings is 8. The number of hydroxylamine groups is 2. The SMILES string of the molecule is CC(C)(C)ON(C=O)[C@@H](CSC(c1ccccc1)(c1ccccc1)c1ccccc1)CN1CCN(C(=O)c2cccc3ccccc23)C[C@@H]1CC(S)C(c1ccccc1)(c1ccccc1)c1ccccc1. The van der Waals surface area contributed by atoms with Gasteiger partial charge in [0.25, 0.3) is 5.91 Å². The topological polar surface area (TPSA) is 53.1 Å². The van der Waals surface area contributed by atoms with Crippen LogP contribution in [0.25, 0.3) is 10.8 Å². The normalized spacial score (nSPS) is 15.5. The van der Waals surface area contributed by atoms with E-state index in [1.165, 1.54) is 0 Å². The van der Waals surface area contributed by atoms with Crippen LogP contribution in [0.5, 0.6) is 0 Å². The van der Waals surface area contributed by atoms with Crippen molar-refractivity contribution >= 4 is 47.5 Å². The highest BCUT2D eigenvalue weighted by Gasteiger charge is 2.46. The monoisotopic (exact) mass is 973 g/mol. The lowest BCUT2D eigenvalue weighted by Gasteiger charge is -2.48. The molecule has 3 atom stereocenters. The molecule has 360 valence electrons. The highest BCUT2D eigenvalue weighted by molar-refractivity contribution is 8.00. The van der Waals surface area contributed by atoms with E-state index >= 15 is 0 Å². The fourth-order valence-corrected chi connectivity index (χ4v) is 13.0. The second kappa shape index (κ2) is 22.3. The van der Waals surface area contributed by atoms with Gasteiger partial charge in [-0.05, 0) is 77.4 Å². The van der Waals surface area contributed by atoms with Crippen LogP contribution < -0.4 is 0 Å². The molecule has 1 aliphatic heterocycles. The van der Waals surface area contributed by atoms with Gasteiger partial charge in [0.05, 0.1) is 21.8 Å². The van der Waals surface area contributed by atoms with Gasteiger partial charge in [0, 0.05) is 48.8 Å². The predicted octanol–water partition coefficient (Wildman–Crippen LogP) is 13.0. The Morgan fingerprint density at radius 2 is 1.06 bits per heavy atom. The number of carbonyl (C=O) groups is 2. The number of hydrogen-bond acceptors (Lipinski definition) is 6. The van der Waals surface area contributed by atoms with Crippen molar-refractivity contribution in [2.45, 2.75) is 60.3 Å². The van der Waals surface area contributed by atoms with Crippen molar-refractivity contribution < 1.29 is 14.4 Å². The number of carbonyl (C=O) groups excluding carboxylic acids is 2. The quantitative estimate of drug-likeness (QED) is 0.0402. The number of hydrogen-bond donors (Lipinski definition) is 1. The summed E-state index contributed by atoms with van der Waals surface area (Å²) in [4.78, 5) is 39.7. The van der Waals surface area contributed by atoms with Crippen LogP contribution >= 0.6 is 24.4 Å². The third kappa shape index (κ3) is 10.6. The molecule has 8 aromatic rings. The number of thiol groups is 1. The van der Waals surface area contributed by atoms with Gasteiger partial charge in [-0.2, -0.15) is 12.6 Å². The maximum atomic E-state index is 15.0. The van der Waals surface area contributed by atoms with E-state index in [2.05, 4.69) is 199 Å². The Labute approximate surface area is 430 Å². The highest BCUT2D eigenvalue weighted by atomic mass is 32.2. The standard InChI is InChI=1S/C63H63N3O3S2/c1-61(2,3)69-66(47-67)56(46-71-63(52-33-16-7-17-34-52,53-35-18-8-19-36-53)54-37-20-9-21-38-54)45-64-41-42-65(60(68)58-40-24-26-48-25-22-23-39-57(48)58)44-55(64)43-59(70)62(49-27-10-4-11-28-49,50-29-12-5-13-30-50)51-31-14-6-15-32-51/h4-40,47,55-56,59,70H,41-46H2,1-3H3/t55-,56+,59?/m0/s1. The number of rotatable bonds is 18. The molecule has 1 unspecified atom stereocenters. The summed E-state index contributed by atoms with van der Waals surface area (Å²) in [6, 6.07) is 77.8. The van der Waals surface area contributed by atoms with Gasteiger partial charge in [-0.1, -0.05) is 218 Å². The molecule has 0 aliphatic carbocycles. The maximum Gasteiger partial charge on any atom is 0.254 e. The lowest BCUT2D eigenvalue weighted by Crippen LogP contribution is -2.59. The third-order valence-corrected chi connectivity index (χ3v) is 16.2. The van der Waals surface area contributed by atoms with Crippen molar-refractivity contribution in [3.05, 3.63) is 263 Å². The summed E-state index contributed by atoms with van der Waals surface area (Å²) in [7, 11) is 0. The maximum absolute atomic E-state index is 15.0. The molecule has 9 rings (SSSR count). The smallest absolute Gasteiger partial charge is 0.254 e. The molecule has 1 aliphatic rings. The minimum Gasteiger partial charge on any atom is -0.336 e. The molecule has 1 heterocycles. The number of nitrogens with zero attached hydrogens (tertiary/aromatic N) is 3. The van der Waals surface area contributed by atoms with Gasteiger partial charge in [-0.15, -0.1) is 11.8 Å². The fraction of sp³-hybridized carbons (Fsp3) is 0.238. The Kier molecular flexibility index (Phi) is 15.6. The Balaban J connectivity index is 1.15. The van der Waals surface area contributed by atoms with Crippen LogP contribution in [0.1, 0.15) is 70.9 Å². The molecule has 71 heavy (non-hydrogen) atoms. The van der Waals surface area contributed by atoms with Crippen LogP contribution in [0.3, 0.4) is 0 Å². The van der Waals surface area contributed by atoms with E-state index in [0.717, 1.165) is 50.6 Å². The van der Waals surface area contributed by atoms with E-state index in [1.54, 1.807) is 5.06 Å². The van der Waals surface area contributed by atoms with Crippen molar-refractivity contribution in [3.8, 4) is 0 Å². The van der Waals surface area contributed by atoms with Gasteiger partial charge in [-0.25, -0.2) is 5.06 Å². The van der Waals surface area contributed by atoms with E-state index < -0.39 is 21.8 Å².